The van der Waals surface area contributed by atoms with Crippen LogP contribution in [0.2, 0.25) is 0 Å². The van der Waals surface area contributed by atoms with Crippen LogP contribution in [0.25, 0.3) is 44.6 Å². The summed E-state index contributed by atoms with van der Waals surface area (Å²) in [6.45, 7) is 2.11. The Labute approximate surface area is 332 Å². The molecule has 16 nitrogen and oxygen atoms in total. The molecule has 0 aromatic carbocycles. The zero-order chi connectivity index (χ0) is 39.8. The fourth-order valence-corrected chi connectivity index (χ4v) is 7.85. The summed E-state index contributed by atoms with van der Waals surface area (Å²) < 4.78 is 31.4. The highest BCUT2D eigenvalue weighted by Gasteiger charge is 2.22. The van der Waals surface area contributed by atoms with E-state index in [-0.39, 0.29) is 24.9 Å². The van der Waals surface area contributed by atoms with E-state index in [1.807, 2.05) is 54.3 Å². The van der Waals surface area contributed by atoms with Gasteiger partial charge in [0.1, 0.15) is 11.3 Å². The van der Waals surface area contributed by atoms with Crippen LogP contribution in [0.1, 0.15) is 51.4 Å². The molecule has 0 bridgehead atoms. The van der Waals surface area contributed by atoms with Crippen molar-refractivity contribution in [2.45, 2.75) is 88.7 Å². The summed E-state index contributed by atoms with van der Waals surface area (Å²) in [5.41, 5.74) is 5.31. The molecule has 5 N–H and O–H groups in total. The molecule has 6 aromatic rings. The Morgan fingerprint density at radius 1 is 0.684 bits per heavy atom. The van der Waals surface area contributed by atoms with Gasteiger partial charge >= 0.3 is 0 Å². The Kier molecular flexibility index (Phi) is 13.0. The van der Waals surface area contributed by atoms with E-state index < -0.39 is 10.1 Å². The van der Waals surface area contributed by atoms with Crippen LogP contribution in [0, 0.1) is 0 Å². The molecule has 6 aromatic heterocycles. The number of hydrogen-bond acceptors (Lipinski definition) is 14. The lowest BCUT2D eigenvalue weighted by Crippen LogP contribution is -2.28. The molecule has 0 atom stereocenters. The van der Waals surface area contributed by atoms with Crippen molar-refractivity contribution < 1.29 is 22.8 Å². The third-order valence-electron chi connectivity index (χ3n) is 10.4. The Hall–Kier alpha value is -5.07. The van der Waals surface area contributed by atoms with Crippen LogP contribution in [0.15, 0.2) is 73.6 Å². The fourth-order valence-electron chi connectivity index (χ4n) is 7.48. The number of rotatable bonds is 13. The molecular formula is C40H51N11O5S. The van der Waals surface area contributed by atoms with E-state index in [4.69, 9.17) is 9.17 Å². The topological polar surface area (TPSA) is 207 Å². The summed E-state index contributed by atoms with van der Waals surface area (Å²) in [5.74, 6) is 1.20. The maximum absolute atomic E-state index is 11.2. The predicted molar refractivity (Wildman–Crippen MR) is 220 cm³/mol. The highest BCUT2D eigenvalue weighted by Crippen LogP contribution is 2.31. The van der Waals surface area contributed by atoms with Crippen LogP contribution >= 0.6 is 0 Å². The number of nitrogens with one attached hydrogen (secondary N) is 3. The third-order valence-corrected chi connectivity index (χ3v) is 11.0. The Morgan fingerprint density at radius 2 is 1.16 bits per heavy atom. The van der Waals surface area contributed by atoms with Crippen molar-refractivity contribution >= 4 is 44.1 Å². The number of fused-ring (bicyclic) bond motifs is 2. The summed E-state index contributed by atoms with van der Waals surface area (Å²) in [6, 6.07) is 12.2. The van der Waals surface area contributed by atoms with E-state index in [1.165, 1.54) is 0 Å². The van der Waals surface area contributed by atoms with Gasteiger partial charge in [-0.15, -0.1) is 0 Å². The molecule has 0 saturated heterocycles. The van der Waals surface area contributed by atoms with Gasteiger partial charge in [0.25, 0.3) is 10.1 Å². The van der Waals surface area contributed by atoms with Gasteiger partial charge in [0.05, 0.1) is 36.5 Å². The Bertz CT molecular complexity index is 2350. The molecule has 0 amide bonds. The molecule has 57 heavy (non-hydrogen) atoms. The number of hydrogen-bond donors (Lipinski definition) is 5. The maximum Gasteiger partial charge on any atom is 0.264 e. The first-order chi connectivity index (χ1) is 27.6. The lowest BCUT2D eigenvalue weighted by atomic mass is 9.93. The molecule has 0 aliphatic heterocycles. The number of pyridine rings is 2. The summed E-state index contributed by atoms with van der Waals surface area (Å²) in [4.78, 5) is 27.2. The largest absolute Gasteiger partial charge is 0.393 e. The summed E-state index contributed by atoms with van der Waals surface area (Å²) in [5, 5.41) is 31.4. The predicted octanol–water partition coefficient (Wildman–Crippen LogP) is 4.61. The molecule has 8 rings (SSSR count). The first-order valence-corrected chi connectivity index (χ1v) is 21.4. The third kappa shape index (κ3) is 10.5. The molecule has 17 heteroatoms. The summed E-state index contributed by atoms with van der Waals surface area (Å²) in [7, 11) is -1.54. The van der Waals surface area contributed by atoms with E-state index in [2.05, 4.69) is 57.7 Å². The smallest absolute Gasteiger partial charge is 0.264 e. The minimum atomic E-state index is -3.49. The second-order valence-electron chi connectivity index (χ2n) is 14.7. The summed E-state index contributed by atoms with van der Waals surface area (Å²) >= 11 is 0. The average Bonchev–Trinajstić information content (AvgIpc) is 3.78. The second-order valence-corrected chi connectivity index (χ2v) is 16.3. The zero-order valence-electron chi connectivity index (χ0n) is 32.3. The van der Waals surface area contributed by atoms with Gasteiger partial charge in [-0.25, -0.2) is 29.9 Å². The van der Waals surface area contributed by atoms with Gasteiger partial charge in [0.15, 0.2) is 0 Å². The number of anilines is 2. The molecule has 2 aliphatic rings. The van der Waals surface area contributed by atoms with Gasteiger partial charge in [0.2, 0.25) is 11.9 Å². The van der Waals surface area contributed by atoms with E-state index in [1.54, 1.807) is 18.6 Å². The molecule has 0 spiro atoms. The van der Waals surface area contributed by atoms with E-state index in [9.17, 15) is 18.6 Å². The number of likely N-dealkylation sites (N-methyl/N-ethyl adjacent to an activating group) is 1. The molecule has 0 unspecified atom stereocenters. The van der Waals surface area contributed by atoms with Crippen LogP contribution in [0.5, 0.6) is 0 Å². The molecule has 2 aliphatic carbocycles. The molecule has 2 saturated carbocycles. The van der Waals surface area contributed by atoms with Gasteiger partial charge in [-0.2, -0.15) is 8.42 Å². The standard InChI is InChI=1S/C20H26N6O.C20H25N5O4S/c1-21-11-12-26-13-17(16-3-2-9-22-19(16)26)18-8-10-23-20(25-18)24-14-4-6-15(27)7-5-14;1-30(27,28)29-12-11-25-13-17(16-3-2-9-21-19(16)25)18-8-10-22-20(24-18)23-14-4-6-15(26)7-5-14/h2-3,8-10,13-15,21,27H,4-7,11-12H2,1H3,(H,23,24,25);2-3,8-10,13-15,26H,4-7,11-12H2,1H3,(H,22,23,24). The highest BCUT2D eigenvalue weighted by atomic mass is 32.2. The normalized spacial score (nSPS) is 19.9. The highest BCUT2D eigenvalue weighted by molar-refractivity contribution is 7.85. The SMILES string of the molecule is CNCCn1cc(-c2ccnc(NC3CCC(O)CC3)n2)c2cccnc21.CS(=O)(=O)OCCn1cc(-c2ccnc(NC3CCC(O)CC3)n2)c2cccnc21. The first-order valence-electron chi connectivity index (χ1n) is 19.6. The number of aliphatic hydroxyl groups excluding tert-OH is 2. The van der Waals surface area contributed by atoms with Crippen LogP contribution in [0.4, 0.5) is 11.9 Å². The lowest BCUT2D eigenvalue weighted by molar-refractivity contribution is 0.125. The van der Waals surface area contributed by atoms with E-state index in [0.717, 1.165) is 115 Å². The van der Waals surface area contributed by atoms with Crippen molar-refractivity contribution in [3.05, 3.63) is 73.6 Å². The van der Waals surface area contributed by atoms with Crippen molar-refractivity contribution in [3.8, 4) is 22.5 Å². The molecule has 6 heterocycles. The van der Waals surface area contributed by atoms with Gasteiger partial charge in [0, 0.05) is 90.8 Å². The van der Waals surface area contributed by atoms with Crippen molar-refractivity contribution in [3.63, 3.8) is 0 Å². The van der Waals surface area contributed by atoms with Crippen molar-refractivity contribution in [1.29, 1.82) is 0 Å². The minimum absolute atomic E-state index is 0.0305. The van der Waals surface area contributed by atoms with Crippen LogP contribution in [0.3, 0.4) is 0 Å². The van der Waals surface area contributed by atoms with Crippen LogP contribution in [-0.2, 0) is 27.4 Å². The second kappa shape index (κ2) is 18.5. The average molecular weight is 798 g/mol. The Morgan fingerprint density at radius 3 is 1.61 bits per heavy atom. The van der Waals surface area contributed by atoms with Crippen molar-refractivity contribution in [1.82, 2.24) is 44.4 Å². The number of aliphatic hydroxyl groups is 2. The lowest BCUT2D eigenvalue weighted by Gasteiger charge is -2.26. The summed E-state index contributed by atoms with van der Waals surface area (Å²) in [6.07, 6.45) is 18.6. The van der Waals surface area contributed by atoms with E-state index >= 15 is 0 Å². The fraction of sp³-hybridized carbons (Fsp3) is 0.450. The Balaban J connectivity index is 0.000000175. The van der Waals surface area contributed by atoms with Gasteiger partial charge < -0.3 is 35.3 Å². The zero-order valence-corrected chi connectivity index (χ0v) is 33.1. The molecule has 302 valence electrons. The van der Waals surface area contributed by atoms with Crippen molar-refractivity contribution in [2.75, 3.05) is 37.1 Å². The number of aromatic nitrogens is 8. The van der Waals surface area contributed by atoms with Gasteiger partial charge in [-0.05, 0) is 94.8 Å². The quantitative estimate of drug-likeness (QED) is 0.101. The first kappa shape index (κ1) is 40.1. The van der Waals surface area contributed by atoms with Gasteiger partial charge in [-0.3, -0.25) is 4.18 Å². The van der Waals surface area contributed by atoms with Crippen LogP contribution in [-0.4, -0.2) is 108 Å². The van der Waals surface area contributed by atoms with E-state index in [0.29, 0.717) is 24.5 Å². The van der Waals surface area contributed by atoms with Gasteiger partial charge in [-0.1, -0.05) is 0 Å². The minimum Gasteiger partial charge on any atom is -0.393 e. The number of nitrogens with zero attached hydrogens (tertiary/aromatic N) is 8. The van der Waals surface area contributed by atoms with Crippen molar-refractivity contribution in [2.24, 2.45) is 0 Å². The monoisotopic (exact) mass is 797 g/mol. The van der Waals surface area contributed by atoms with Crippen LogP contribution < -0.4 is 16.0 Å². The molecular weight excluding hydrogens is 747 g/mol. The maximum atomic E-state index is 11.2. The molecule has 2 fully saturated rings. The molecule has 0 radical (unpaired) electrons.